The molecule has 0 heterocycles. The molecule has 0 fully saturated rings. The van der Waals surface area contributed by atoms with E-state index in [1.165, 1.54) is 6.92 Å². The van der Waals surface area contributed by atoms with Gasteiger partial charge in [-0.1, -0.05) is 5.16 Å². The molecule has 10 nitrogen and oxygen atoms in total. The third kappa shape index (κ3) is 5.77. The van der Waals surface area contributed by atoms with E-state index in [0.29, 0.717) is 0 Å². The summed E-state index contributed by atoms with van der Waals surface area (Å²) in [4.78, 5) is 15.6. The van der Waals surface area contributed by atoms with Crippen molar-refractivity contribution in [3.8, 4) is 0 Å². The molecule has 0 amide bonds. The molecule has 0 aromatic carbocycles. The van der Waals surface area contributed by atoms with Crippen LogP contribution in [0.5, 0.6) is 0 Å². The smallest absolute Gasteiger partial charge is 0.203 e. The number of nitrogens with two attached hydrogens (primary N) is 1. The monoisotopic (exact) mass is 296 g/mol. The molecule has 0 aliphatic heterocycles. The largest absolute Gasteiger partial charge is 0.394 e. The fraction of sp³-hybridized carbons (Fsp3) is 0.800. The Balaban J connectivity index is 4.36. The first-order valence-corrected chi connectivity index (χ1v) is 5.71. The molecule has 0 bridgehead atoms. The number of amidine groups is 1. The Morgan fingerprint density at radius 2 is 1.75 bits per heavy atom. The minimum atomic E-state index is -1.81. The molecule has 0 aliphatic carbocycles. The summed E-state index contributed by atoms with van der Waals surface area (Å²) in [7, 11) is 0. The molecule has 1 unspecified atom stereocenters. The Hall–Kier alpha value is -1.30. The standard InChI is InChI=1S/C10H20N2O8/c1-4(14)7(17)6(16)3-20-12-10(11)9(19)8(18)5(15)2-13/h4-5,7-9,13-15,17-19H,2-3H2,1H3,(H2,11,12)/t4-,5?,7-,8-,9+/m0/s1. The summed E-state index contributed by atoms with van der Waals surface area (Å²) in [6, 6.07) is 0. The van der Waals surface area contributed by atoms with Crippen LogP contribution < -0.4 is 5.73 Å². The van der Waals surface area contributed by atoms with E-state index in [2.05, 4.69) is 9.99 Å². The van der Waals surface area contributed by atoms with Gasteiger partial charge in [0.1, 0.15) is 24.4 Å². The molecule has 0 radical (unpaired) electrons. The van der Waals surface area contributed by atoms with Crippen molar-refractivity contribution in [1.29, 1.82) is 0 Å². The lowest BCUT2D eigenvalue weighted by molar-refractivity contribution is -0.136. The Labute approximate surface area is 114 Å². The van der Waals surface area contributed by atoms with Crippen LogP contribution in [0, 0.1) is 0 Å². The first-order valence-electron chi connectivity index (χ1n) is 5.71. The molecule has 10 heteroatoms. The third-order valence-corrected chi connectivity index (χ3v) is 2.37. The van der Waals surface area contributed by atoms with Gasteiger partial charge in [-0.3, -0.25) is 4.79 Å². The van der Waals surface area contributed by atoms with Crippen LogP contribution in [-0.2, 0) is 9.63 Å². The summed E-state index contributed by atoms with van der Waals surface area (Å²) in [6.45, 7) is -0.305. The van der Waals surface area contributed by atoms with E-state index in [1.54, 1.807) is 0 Å². The van der Waals surface area contributed by atoms with Crippen LogP contribution in [0.3, 0.4) is 0 Å². The summed E-state index contributed by atoms with van der Waals surface area (Å²) < 4.78 is 0. The molecule has 20 heavy (non-hydrogen) atoms. The molecule has 0 spiro atoms. The predicted octanol–water partition coefficient (Wildman–Crippen LogP) is -4.34. The highest BCUT2D eigenvalue weighted by Crippen LogP contribution is 2.01. The van der Waals surface area contributed by atoms with Gasteiger partial charge < -0.3 is 41.2 Å². The topological polar surface area (TPSA) is 186 Å². The lowest BCUT2D eigenvalue weighted by Crippen LogP contribution is -2.46. The average molecular weight is 296 g/mol. The van der Waals surface area contributed by atoms with Crippen molar-refractivity contribution in [2.45, 2.75) is 37.4 Å². The second kappa shape index (κ2) is 8.79. The molecule has 0 saturated carbocycles. The Kier molecular flexibility index (Phi) is 8.22. The van der Waals surface area contributed by atoms with E-state index < -0.39 is 55.4 Å². The highest BCUT2D eigenvalue weighted by Gasteiger charge is 2.27. The van der Waals surface area contributed by atoms with Crippen molar-refractivity contribution in [2.75, 3.05) is 13.2 Å². The maximum absolute atomic E-state index is 11.2. The van der Waals surface area contributed by atoms with Gasteiger partial charge in [0.05, 0.1) is 12.7 Å². The van der Waals surface area contributed by atoms with E-state index >= 15 is 0 Å². The van der Waals surface area contributed by atoms with E-state index in [9.17, 15) is 15.0 Å². The van der Waals surface area contributed by atoms with Gasteiger partial charge in [-0.2, -0.15) is 0 Å². The SMILES string of the molecule is C[C@H](O)[C@H](O)C(=O)CON=C(N)[C@H](O)[C@@H](O)C(O)CO. The zero-order valence-electron chi connectivity index (χ0n) is 10.8. The quantitative estimate of drug-likeness (QED) is 0.125. The lowest BCUT2D eigenvalue weighted by Gasteiger charge is -2.20. The van der Waals surface area contributed by atoms with Gasteiger partial charge in [0.25, 0.3) is 0 Å². The minimum Gasteiger partial charge on any atom is -0.394 e. The number of rotatable bonds is 9. The number of hydrogen-bond acceptors (Lipinski definition) is 9. The Morgan fingerprint density at radius 3 is 2.20 bits per heavy atom. The number of aliphatic hydroxyl groups is 6. The molecule has 0 saturated heterocycles. The van der Waals surface area contributed by atoms with Crippen molar-refractivity contribution in [1.82, 2.24) is 0 Å². The maximum Gasteiger partial charge on any atom is 0.203 e. The zero-order chi connectivity index (χ0) is 15.9. The van der Waals surface area contributed by atoms with Crippen LogP contribution in [0.4, 0.5) is 0 Å². The highest BCUT2D eigenvalue weighted by atomic mass is 16.6. The number of oxime groups is 1. The number of hydrogen-bond donors (Lipinski definition) is 7. The summed E-state index contributed by atoms with van der Waals surface area (Å²) in [6.07, 6.45) is -8.14. The molecule has 0 aliphatic rings. The van der Waals surface area contributed by atoms with Gasteiger partial charge in [0.2, 0.25) is 5.78 Å². The number of Topliss-reactive ketones (excluding diaryl/α,β-unsaturated/α-hetero) is 1. The van der Waals surface area contributed by atoms with Crippen molar-refractivity contribution in [3.63, 3.8) is 0 Å². The van der Waals surface area contributed by atoms with E-state index in [-0.39, 0.29) is 0 Å². The molecule has 5 atom stereocenters. The minimum absolute atomic E-state index is 0.635. The van der Waals surface area contributed by atoms with E-state index in [0.717, 1.165) is 0 Å². The molecule has 0 aromatic rings. The van der Waals surface area contributed by atoms with Crippen molar-refractivity contribution >= 4 is 11.6 Å². The molecule has 8 N–H and O–H groups in total. The first kappa shape index (κ1) is 18.7. The van der Waals surface area contributed by atoms with Gasteiger partial charge in [-0.25, -0.2) is 0 Å². The first-order chi connectivity index (χ1) is 9.22. The van der Waals surface area contributed by atoms with Crippen molar-refractivity contribution < 1.29 is 40.3 Å². The maximum atomic E-state index is 11.2. The van der Waals surface area contributed by atoms with E-state index in [4.69, 9.17) is 26.2 Å². The third-order valence-electron chi connectivity index (χ3n) is 2.37. The number of ketones is 1. The fourth-order valence-corrected chi connectivity index (χ4v) is 1.07. The van der Waals surface area contributed by atoms with Gasteiger partial charge in [-0.15, -0.1) is 0 Å². The van der Waals surface area contributed by atoms with Crippen LogP contribution in [0.2, 0.25) is 0 Å². The van der Waals surface area contributed by atoms with Gasteiger partial charge in [0.15, 0.2) is 12.4 Å². The summed E-state index contributed by atoms with van der Waals surface area (Å²) in [5.41, 5.74) is 5.23. The van der Waals surface area contributed by atoms with E-state index in [1.807, 2.05) is 0 Å². The summed E-state index contributed by atoms with van der Waals surface area (Å²) in [5, 5.41) is 57.6. The highest BCUT2D eigenvalue weighted by molar-refractivity contribution is 5.86. The fourth-order valence-electron chi connectivity index (χ4n) is 1.07. The van der Waals surface area contributed by atoms with Crippen LogP contribution in [0.15, 0.2) is 5.16 Å². The Bertz CT molecular complexity index is 335. The molecule has 118 valence electrons. The lowest BCUT2D eigenvalue weighted by atomic mass is 10.1. The number of carbonyl (C=O) groups is 1. The molecular formula is C10H20N2O8. The average Bonchev–Trinajstić information content (AvgIpc) is 2.43. The van der Waals surface area contributed by atoms with Crippen LogP contribution >= 0.6 is 0 Å². The second-order valence-corrected chi connectivity index (χ2v) is 4.13. The molecular weight excluding hydrogens is 276 g/mol. The van der Waals surface area contributed by atoms with Crippen LogP contribution in [0.1, 0.15) is 6.92 Å². The van der Waals surface area contributed by atoms with Crippen LogP contribution in [0.25, 0.3) is 0 Å². The van der Waals surface area contributed by atoms with Gasteiger partial charge in [-0.05, 0) is 6.92 Å². The van der Waals surface area contributed by atoms with Crippen LogP contribution in [-0.4, -0.2) is 86.0 Å². The Morgan fingerprint density at radius 1 is 1.20 bits per heavy atom. The predicted molar refractivity (Wildman–Crippen MR) is 65.4 cm³/mol. The van der Waals surface area contributed by atoms with Crippen molar-refractivity contribution in [3.05, 3.63) is 0 Å². The summed E-state index contributed by atoms with van der Waals surface area (Å²) >= 11 is 0. The summed E-state index contributed by atoms with van der Waals surface area (Å²) in [5.74, 6) is -1.49. The molecule has 0 aromatic heterocycles. The van der Waals surface area contributed by atoms with Gasteiger partial charge >= 0.3 is 0 Å². The number of nitrogens with zero attached hydrogens (tertiary/aromatic N) is 1. The van der Waals surface area contributed by atoms with Gasteiger partial charge in [0, 0.05) is 0 Å². The molecule has 0 rings (SSSR count). The van der Waals surface area contributed by atoms with Crippen molar-refractivity contribution in [2.24, 2.45) is 10.9 Å². The normalized spacial score (nSPS) is 19.9. The second-order valence-electron chi connectivity index (χ2n) is 4.13. The zero-order valence-corrected chi connectivity index (χ0v) is 10.8. The number of carbonyl (C=O) groups excluding carboxylic acids is 1. The number of aliphatic hydroxyl groups excluding tert-OH is 6.